The molecular formula is C24H20F2N4O8. The Morgan fingerprint density at radius 3 is 2.08 bits per heavy atom. The number of aromatic nitrogens is 1. The third-order valence-electron chi connectivity index (χ3n) is 6.21. The van der Waals surface area contributed by atoms with Crippen molar-refractivity contribution in [2.75, 3.05) is 5.32 Å². The molecule has 1 saturated heterocycles. The molecule has 2 aliphatic heterocycles. The number of halogens is 2. The number of aliphatic hydroxyl groups is 6. The molecule has 1 fully saturated rings. The second-order valence-corrected chi connectivity index (χ2v) is 8.89. The Balaban J connectivity index is 1.52. The molecule has 2 amide bonds. The summed E-state index contributed by atoms with van der Waals surface area (Å²) in [4.78, 5) is 29.3. The van der Waals surface area contributed by atoms with E-state index in [1.54, 1.807) is 0 Å². The van der Waals surface area contributed by atoms with Gasteiger partial charge in [-0.2, -0.15) is 0 Å². The van der Waals surface area contributed by atoms with Gasteiger partial charge in [0.25, 0.3) is 29.5 Å². The zero-order valence-electron chi connectivity index (χ0n) is 19.2. The summed E-state index contributed by atoms with van der Waals surface area (Å²) in [5.41, 5.74) is -1.91. The highest BCUT2D eigenvalue weighted by Crippen LogP contribution is 2.38. The molecule has 1 aromatic heterocycles. The topological polar surface area (TPSA) is 196 Å². The number of hydrogen-bond donors (Lipinski definition) is 8. The lowest BCUT2D eigenvalue weighted by Crippen LogP contribution is -2.57. The third-order valence-corrected chi connectivity index (χ3v) is 6.21. The van der Waals surface area contributed by atoms with Gasteiger partial charge >= 0.3 is 0 Å². The molecule has 3 aromatic rings. The lowest BCUT2D eigenvalue weighted by atomic mass is 10.0. The molecule has 0 radical (unpaired) electrons. The molecule has 2 aliphatic rings. The number of amides is 2. The van der Waals surface area contributed by atoms with Crippen LogP contribution in [0.25, 0.3) is 11.3 Å². The summed E-state index contributed by atoms with van der Waals surface area (Å²) in [6.07, 6.45) is -0.995. The van der Waals surface area contributed by atoms with E-state index in [0.29, 0.717) is 0 Å². The van der Waals surface area contributed by atoms with Gasteiger partial charge in [0.15, 0.2) is 0 Å². The fourth-order valence-electron chi connectivity index (χ4n) is 4.43. The number of carbonyl (C=O) groups is 2. The van der Waals surface area contributed by atoms with Crippen molar-refractivity contribution in [1.29, 1.82) is 0 Å². The second kappa shape index (κ2) is 8.49. The van der Waals surface area contributed by atoms with Crippen LogP contribution in [0.15, 0.2) is 48.5 Å². The van der Waals surface area contributed by atoms with Gasteiger partial charge in [0.05, 0.1) is 22.5 Å². The first kappa shape index (κ1) is 25.6. The van der Waals surface area contributed by atoms with Crippen molar-refractivity contribution in [3.8, 4) is 11.3 Å². The highest BCUT2D eigenvalue weighted by Gasteiger charge is 2.55. The molecule has 12 nitrogen and oxygen atoms in total. The van der Waals surface area contributed by atoms with Crippen LogP contribution >= 0.6 is 0 Å². The van der Waals surface area contributed by atoms with Crippen LogP contribution in [0.1, 0.15) is 39.3 Å². The van der Waals surface area contributed by atoms with Crippen LogP contribution < -0.4 is 10.6 Å². The molecule has 14 heteroatoms. The number of nitrogens with zero attached hydrogens (tertiary/aromatic N) is 2. The van der Waals surface area contributed by atoms with Crippen molar-refractivity contribution in [3.63, 3.8) is 0 Å². The van der Waals surface area contributed by atoms with Gasteiger partial charge in [-0.05, 0) is 42.5 Å². The Labute approximate surface area is 212 Å². The SMILES string of the molecule is O=C1NC(O)(O)c2nc(-c3c(F)cccc3F)cc(Nc3ccc(C(=O)N4C(O)(O)CCC4(O)O)cc3)c21. The number of fused-ring (bicyclic) bond motifs is 1. The number of anilines is 2. The van der Waals surface area contributed by atoms with Crippen molar-refractivity contribution in [3.05, 3.63) is 77.0 Å². The van der Waals surface area contributed by atoms with E-state index >= 15 is 0 Å². The fourth-order valence-corrected chi connectivity index (χ4v) is 4.43. The summed E-state index contributed by atoms with van der Waals surface area (Å²) >= 11 is 0. The van der Waals surface area contributed by atoms with Gasteiger partial charge in [-0.1, -0.05) is 6.07 Å². The average Bonchev–Trinajstić information content (AvgIpc) is 3.19. The zero-order valence-corrected chi connectivity index (χ0v) is 19.2. The molecule has 0 spiro atoms. The average molecular weight is 530 g/mol. The van der Waals surface area contributed by atoms with E-state index in [-0.39, 0.29) is 33.1 Å². The van der Waals surface area contributed by atoms with E-state index < -0.39 is 65.3 Å². The van der Waals surface area contributed by atoms with Crippen molar-refractivity contribution >= 4 is 23.2 Å². The fraction of sp³-hybridized carbons (Fsp3) is 0.208. The van der Waals surface area contributed by atoms with E-state index in [1.165, 1.54) is 24.3 Å². The van der Waals surface area contributed by atoms with E-state index in [9.17, 15) is 49.0 Å². The molecule has 8 N–H and O–H groups in total. The highest BCUT2D eigenvalue weighted by molar-refractivity contribution is 6.05. The Hall–Kier alpha value is -4.05. The Morgan fingerprint density at radius 2 is 1.50 bits per heavy atom. The maximum Gasteiger partial charge on any atom is 0.293 e. The monoisotopic (exact) mass is 530 g/mol. The van der Waals surface area contributed by atoms with Gasteiger partial charge in [-0.15, -0.1) is 0 Å². The number of hydrogen-bond acceptors (Lipinski definition) is 10. The Morgan fingerprint density at radius 1 is 0.921 bits per heavy atom. The van der Waals surface area contributed by atoms with Crippen LogP contribution in [0.2, 0.25) is 0 Å². The quantitative estimate of drug-likeness (QED) is 0.215. The first-order valence-electron chi connectivity index (χ1n) is 11.1. The molecule has 0 aliphatic carbocycles. The smallest absolute Gasteiger partial charge is 0.293 e. The molecule has 0 atom stereocenters. The molecule has 5 rings (SSSR count). The minimum atomic E-state index is -2.92. The van der Waals surface area contributed by atoms with Crippen molar-refractivity contribution < 1.29 is 49.0 Å². The minimum absolute atomic E-state index is 0.108. The number of carbonyl (C=O) groups excluding carboxylic acids is 2. The number of benzene rings is 2. The van der Waals surface area contributed by atoms with Crippen LogP contribution in [-0.2, 0) is 5.91 Å². The molecule has 0 saturated carbocycles. The number of likely N-dealkylation sites (tertiary alicyclic amines) is 1. The zero-order chi connectivity index (χ0) is 27.6. The van der Waals surface area contributed by atoms with Gasteiger partial charge in [0, 0.05) is 24.1 Å². The van der Waals surface area contributed by atoms with Crippen LogP contribution in [0.5, 0.6) is 0 Å². The number of nitrogens with one attached hydrogen (secondary N) is 2. The van der Waals surface area contributed by atoms with Gasteiger partial charge in [0.2, 0.25) is 0 Å². The van der Waals surface area contributed by atoms with Crippen LogP contribution in [0.4, 0.5) is 20.2 Å². The third kappa shape index (κ3) is 4.14. The standard InChI is InChI=1S/C24H20F2N4O8/c25-13-2-1-3-14(26)17(13)15-10-16(18-19(28-15)24(37,38)29-20(18)31)27-12-6-4-11(5-7-12)21(32)30-22(33,34)8-9-23(30,35)36/h1-7,10,33-38H,8-9H2,(H,27,28)(H,29,31). The lowest BCUT2D eigenvalue weighted by molar-refractivity contribution is -0.318. The molecule has 3 heterocycles. The first-order valence-corrected chi connectivity index (χ1v) is 11.1. The Kier molecular flexibility index (Phi) is 5.72. The number of pyridine rings is 1. The molecule has 38 heavy (non-hydrogen) atoms. The molecule has 198 valence electrons. The van der Waals surface area contributed by atoms with E-state index in [0.717, 1.165) is 24.3 Å². The van der Waals surface area contributed by atoms with Crippen LogP contribution in [-0.4, -0.2) is 64.2 Å². The van der Waals surface area contributed by atoms with Crippen molar-refractivity contribution in [2.24, 2.45) is 0 Å². The highest BCUT2D eigenvalue weighted by atomic mass is 19.1. The first-order chi connectivity index (χ1) is 17.7. The van der Waals surface area contributed by atoms with Gasteiger partial charge in [-0.3, -0.25) is 14.9 Å². The molecule has 2 aromatic carbocycles. The summed E-state index contributed by atoms with van der Waals surface area (Å²) in [5.74, 6) is -12.5. The van der Waals surface area contributed by atoms with Crippen LogP contribution in [0.3, 0.4) is 0 Å². The predicted molar refractivity (Wildman–Crippen MR) is 123 cm³/mol. The van der Waals surface area contributed by atoms with Gasteiger partial charge < -0.3 is 36.0 Å². The summed E-state index contributed by atoms with van der Waals surface area (Å²) in [6.45, 7) is 0. The molecular weight excluding hydrogens is 510 g/mol. The number of rotatable bonds is 4. The van der Waals surface area contributed by atoms with Crippen molar-refractivity contribution in [1.82, 2.24) is 15.2 Å². The lowest BCUT2D eigenvalue weighted by Gasteiger charge is -2.34. The normalized spacial score (nSPS) is 18.7. The Bertz CT molecular complexity index is 1440. The summed E-state index contributed by atoms with van der Waals surface area (Å²) in [7, 11) is 0. The van der Waals surface area contributed by atoms with Crippen LogP contribution in [0, 0.1) is 11.6 Å². The summed E-state index contributed by atoms with van der Waals surface area (Å²) in [6, 6.07) is 9.25. The maximum atomic E-state index is 14.5. The second-order valence-electron chi connectivity index (χ2n) is 8.89. The maximum absolute atomic E-state index is 14.5. The van der Waals surface area contributed by atoms with E-state index in [2.05, 4.69) is 10.3 Å². The van der Waals surface area contributed by atoms with E-state index in [1.807, 2.05) is 5.32 Å². The molecule has 0 bridgehead atoms. The van der Waals surface area contributed by atoms with Crippen molar-refractivity contribution in [2.45, 2.75) is 30.6 Å². The van der Waals surface area contributed by atoms with Gasteiger partial charge in [0.1, 0.15) is 17.3 Å². The molecule has 0 unspecified atom stereocenters. The minimum Gasteiger partial charge on any atom is -0.355 e. The predicted octanol–water partition coefficient (Wildman–Crippen LogP) is 0.122. The largest absolute Gasteiger partial charge is 0.355 e. The van der Waals surface area contributed by atoms with E-state index in [4.69, 9.17) is 0 Å². The summed E-state index contributed by atoms with van der Waals surface area (Å²) < 4.78 is 28.9. The van der Waals surface area contributed by atoms with Gasteiger partial charge in [-0.25, -0.2) is 18.7 Å². The summed E-state index contributed by atoms with van der Waals surface area (Å²) in [5, 5.41) is 65.1.